The van der Waals surface area contributed by atoms with E-state index in [1.165, 1.54) is 5.56 Å². The minimum absolute atomic E-state index is 0.160. The van der Waals surface area contributed by atoms with Gasteiger partial charge in [-0.25, -0.2) is 0 Å². The molecule has 0 unspecified atom stereocenters. The Balaban J connectivity index is 1.85. The van der Waals surface area contributed by atoms with Crippen LogP contribution in [-0.4, -0.2) is 41.9 Å². The van der Waals surface area contributed by atoms with E-state index in [4.69, 9.17) is 11.6 Å². The first kappa shape index (κ1) is 14.4. The maximum Gasteiger partial charge on any atom is 0.219 e. The second-order valence-electron chi connectivity index (χ2n) is 5.27. The van der Waals surface area contributed by atoms with Crippen LogP contribution in [0.15, 0.2) is 24.3 Å². The highest BCUT2D eigenvalue weighted by Crippen LogP contribution is 2.19. The fourth-order valence-electron chi connectivity index (χ4n) is 2.62. The van der Waals surface area contributed by atoms with Crippen LogP contribution in [-0.2, 0) is 11.3 Å². The van der Waals surface area contributed by atoms with Crippen LogP contribution in [0.1, 0.15) is 25.3 Å². The highest BCUT2D eigenvalue weighted by Gasteiger charge is 2.23. The molecule has 1 saturated heterocycles. The Morgan fingerprint density at radius 2 is 2.11 bits per heavy atom. The number of carbonyl (C=O) groups excluding carboxylic acids is 1. The number of carbonyl (C=O) groups is 1. The molecule has 0 aliphatic carbocycles. The number of likely N-dealkylation sites (tertiary alicyclic amines) is 1. The molecule has 1 aromatic rings. The minimum Gasteiger partial charge on any atom is -0.343 e. The fraction of sp³-hybridized carbons (Fsp3) is 0.533. The van der Waals surface area contributed by atoms with Crippen LogP contribution in [0.2, 0.25) is 5.02 Å². The molecule has 0 saturated carbocycles. The van der Waals surface area contributed by atoms with Crippen LogP contribution in [0.25, 0.3) is 0 Å². The standard InChI is InChI=1S/C15H21ClN2O/c1-12(19)17(2)15-6-8-18(9-7-15)11-13-4-3-5-14(16)10-13/h3-5,10,15H,6-9,11H2,1-2H3. The van der Waals surface area contributed by atoms with Crippen LogP contribution < -0.4 is 0 Å². The molecule has 1 amide bonds. The van der Waals surface area contributed by atoms with Crippen molar-refractivity contribution in [3.05, 3.63) is 34.9 Å². The molecular formula is C15H21ClN2O. The Hall–Kier alpha value is -1.06. The second-order valence-corrected chi connectivity index (χ2v) is 5.70. The van der Waals surface area contributed by atoms with Gasteiger partial charge < -0.3 is 4.90 Å². The lowest BCUT2D eigenvalue weighted by Gasteiger charge is -2.36. The van der Waals surface area contributed by atoms with Gasteiger partial charge in [0.25, 0.3) is 0 Å². The molecule has 1 aromatic carbocycles. The highest BCUT2D eigenvalue weighted by molar-refractivity contribution is 6.30. The Kier molecular flexibility index (Phi) is 4.83. The van der Waals surface area contributed by atoms with Gasteiger partial charge >= 0.3 is 0 Å². The third-order valence-corrected chi connectivity index (χ3v) is 4.13. The van der Waals surface area contributed by atoms with E-state index < -0.39 is 0 Å². The van der Waals surface area contributed by atoms with Crippen molar-refractivity contribution >= 4 is 17.5 Å². The smallest absolute Gasteiger partial charge is 0.219 e. The number of amides is 1. The number of hydrogen-bond donors (Lipinski definition) is 0. The number of halogens is 1. The molecule has 2 rings (SSSR count). The summed E-state index contributed by atoms with van der Waals surface area (Å²) >= 11 is 6.00. The van der Waals surface area contributed by atoms with Gasteiger partial charge in [-0.3, -0.25) is 9.69 Å². The van der Waals surface area contributed by atoms with Crippen LogP contribution in [0.3, 0.4) is 0 Å². The number of nitrogens with zero attached hydrogens (tertiary/aromatic N) is 2. The van der Waals surface area contributed by atoms with E-state index in [0.29, 0.717) is 6.04 Å². The second kappa shape index (κ2) is 6.40. The molecule has 0 aromatic heterocycles. The molecule has 1 heterocycles. The van der Waals surface area contributed by atoms with E-state index in [2.05, 4.69) is 11.0 Å². The van der Waals surface area contributed by atoms with Gasteiger partial charge in [-0.1, -0.05) is 23.7 Å². The first-order valence-corrected chi connectivity index (χ1v) is 7.14. The molecule has 0 bridgehead atoms. The van der Waals surface area contributed by atoms with Crippen molar-refractivity contribution < 1.29 is 4.79 Å². The van der Waals surface area contributed by atoms with Gasteiger partial charge in [0.15, 0.2) is 0 Å². The number of benzene rings is 1. The van der Waals surface area contributed by atoms with Gasteiger partial charge in [-0.2, -0.15) is 0 Å². The monoisotopic (exact) mass is 280 g/mol. The molecule has 0 atom stereocenters. The molecule has 1 fully saturated rings. The van der Waals surface area contributed by atoms with Gasteiger partial charge in [0.05, 0.1) is 0 Å². The van der Waals surface area contributed by atoms with Gasteiger partial charge in [-0.15, -0.1) is 0 Å². The molecule has 1 aliphatic rings. The van der Waals surface area contributed by atoms with Crippen molar-refractivity contribution in [2.75, 3.05) is 20.1 Å². The summed E-state index contributed by atoms with van der Waals surface area (Å²) in [6.07, 6.45) is 2.10. The van der Waals surface area contributed by atoms with Crippen LogP contribution >= 0.6 is 11.6 Å². The lowest BCUT2D eigenvalue weighted by atomic mass is 10.0. The summed E-state index contributed by atoms with van der Waals surface area (Å²) in [7, 11) is 1.90. The molecule has 3 nitrogen and oxygen atoms in total. The van der Waals surface area contributed by atoms with Crippen molar-refractivity contribution in [3.8, 4) is 0 Å². The molecule has 0 radical (unpaired) electrons. The molecule has 0 spiro atoms. The normalized spacial score (nSPS) is 17.4. The summed E-state index contributed by atoms with van der Waals surface area (Å²) in [6, 6.07) is 8.43. The van der Waals surface area contributed by atoms with Crippen LogP contribution in [0.5, 0.6) is 0 Å². The fourth-order valence-corrected chi connectivity index (χ4v) is 2.83. The molecule has 0 N–H and O–H groups in total. The summed E-state index contributed by atoms with van der Waals surface area (Å²) in [4.78, 5) is 15.6. The van der Waals surface area contributed by atoms with Crippen molar-refractivity contribution in [1.29, 1.82) is 0 Å². The Labute approximate surface area is 120 Å². The Morgan fingerprint density at radius 1 is 1.42 bits per heavy atom. The van der Waals surface area contributed by atoms with Crippen molar-refractivity contribution in [2.24, 2.45) is 0 Å². The third-order valence-electron chi connectivity index (χ3n) is 3.90. The van der Waals surface area contributed by atoms with Crippen LogP contribution in [0, 0.1) is 0 Å². The van der Waals surface area contributed by atoms with Crippen LogP contribution in [0.4, 0.5) is 0 Å². The lowest BCUT2D eigenvalue weighted by Crippen LogP contribution is -2.44. The minimum atomic E-state index is 0.160. The van der Waals surface area contributed by atoms with Crippen molar-refractivity contribution in [3.63, 3.8) is 0 Å². The predicted molar refractivity (Wildman–Crippen MR) is 78.2 cm³/mol. The molecule has 104 valence electrons. The first-order chi connectivity index (χ1) is 9.06. The first-order valence-electron chi connectivity index (χ1n) is 6.76. The maximum absolute atomic E-state index is 11.4. The zero-order valence-electron chi connectivity index (χ0n) is 11.6. The van der Waals surface area contributed by atoms with E-state index in [9.17, 15) is 4.79 Å². The van der Waals surface area contributed by atoms with Gasteiger partial charge in [0, 0.05) is 44.7 Å². The molecular weight excluding hydrogens is 260 g/mol. The average Bonchev–Trinajstić information content (AvgIpc) is 2.39. The summed E-state index contributed by atoms with van der Waals surface area (Å²) in [5.74, 6) is 0.160. The summed E-state index contributed by atoms with van der Waals surface area (Å²) in [6.45, 7) is 4.65. The van der Waals surface area contributed by atoms with Gasteiger partial charge in [-0.05, 0) is 30.5 Å². The van der Waals surface area contributed by atoms with Gasteiger partial charge in [0.2, 0.25) is 5.91 Å². The van der Waals surface area contributed by atoms with E-state index in [0.717, 1.165) is 37.5 Å². The summed E-state index contributed by atoms with van der Waals surface area (Å²) in [5, 5.41) is 0.795. The van der Waals surface area contributed by atoms with Crippen molar-refractivity contribution in [1.82, 2.24) is 9.80 Å². The number of piperidine rings is 1. The van der Waals surface area contributed by atoms with E-state index >= 15 is 0 Å². The SMILES string of the molecule is CC(=O)N(C)C1CCN(Cc2cccc(Cl)c2)CC1. The zero-order chi connectivity index (χ0) is 13.8. The Bertz CT molecular complexity index is 442. The third kappa shape index (κ3) is 3.95. The van der Waals surface area contributed by atoms with E-state index in [-0.39, 0.29) is 5.91 Å². The lowest BCUT2D eigenvalue weighted by molar-refractivity contribution is -0.130. The number of rotatable bonds is 3. The molecule has 1 aliphatic heterocycles. The molecule has 19 heavy (non-hydrogen) atoms. The molecule has 4 heteroatoms. The topological polar surface area (TPSA) is 23.6 Å². The predicted octanol–water partition coefficient (Wildman–Crippen LogP) is 2.78. The number of hydrogen-bond acceptors (Lipinski definition) is 2. The quantitative estimate of drug-likeness (QED) is 0.850. The van der Waals surface area contributed by atoms with E-state index in [1.54, 1.807) is 6.92 Å². The average molecular weight is 281 g/mol. The zero-order valence-corrected chi connectivity index (χ0v) is 12.4. The summed E-state index contributed by atoms with van der Waals surface area (Å²) < 4.78 is 0. The summed E-state index contributed by atoms with van der Waals surface area (Å²) in [5.41, 5.74) is 1.26. The van der Waals surface area contributed by atoms with Gasteiger partial charge in [0.1, 0.15) is 0 Å². The maximum atomic E-state index is 11.4. The van der Waals surface area contributed by atoms with Crippen molar-refractivity contribution in [2.45, 2.75) is 32.4 Å². The highest BCUT2D eigenvalue weighted by atomic mass is 35.5. The Morgan fingerprint density at radius 3 is 2.68 bits per heavy atom. The largest absolute Gasteiger partial charge is 0.343 e. The van der Waals surface area contributed by atoms with E-state index in [1.807, 2.05) is 30.1 Å².